The van der Waals surface area contributed by atoms with Gasteiger partial charge in [0.25, 0.3) is 0 Å². The molecule has 1 aromatic heterocycles. The normalized spacial score (nSPS) is 16.7. The Morgan fingerprint density at radius 1 is 0.974 bits per heavy atom. The third-order valence-electron chi connectivity index (χ3n) is 7.30. The predicted molar refractivity (Wildman–Crippen MR) is 149 cm³/mol. The van der Waals surface area contributed by atoms with Gasteiger partial charge in [0.1, 0.15) is 11.9 Å². The van der Waals surface area contributed by atoms with Crippen molar-refractivity contribution in [3.63, 3.8) is 0 Å². The van der Waals surface area contributed by atoms with Crippen LogP contribution in [0.25, 0.3) is 22.3 Å². The number of carbonyl (C=O) groups is 2. The Bertz CT molecular complexity index is 1550. The van der Waals surface area contributed by atoms with Crippen LogP contribution in [-0.2, 0) is 11.3 Å². The Morgan fingerprint density at radius 3 is 2.41 bits per heavy atom. The Balaban J connectivity index is 1.54. The first-order chi connectivity index (χ1) is 18.8. The average Bonchev–Trinajstić information content (AvgIpc) is 3.21. The number of cyclic esters (lactones) is 1. The molecule has 7 nitrogen and oxygen atoms in total. The van der Waals surface area contributed by atoms with Crippen LogP contribution in [0, 0.1) is 13.8 Å². The van der Waals surface area contributed by atoms with Gasteiger partial charge in [-0.15, -0.1) is 0 Å². The highest BCUT2D eigenvalue weighted by molar-refractivity contribution is 5.89. The number of carboxylic acids is 1. The zero-order valence-corrected chi connectivity index (χ0v) is 22.3. The van der Waals surface area contributed by atoms with E-state index >= 15 is 0 Å². The Kier molecular flexibility index (Phi) is 7.07. The quantitative estimate of drug-likeness (QED) is 0.286. The van der Waals surface area contributed by atoms with Gasteiger partial charge in [-0.25, -0.2) is 9.59 Å². The van der Waals surface area contributed by atoms with Crippen molar-refractivity contribution in [2.24, 2.45) is 0 Å². The summed E-state index contributed by atoms with van der Waals surface area (Å²) < 4.78 is 11.5. The number of hydrogen-bond acceptors (Lipinski definition) is 5. The number of rotatable bonds is 7. The van der Waals surface area contributed by atoms with Crippen molar-refractivity contribution in [1.82, 2.24) is 9.88 Å². The van der Waals surface area contributed by atoms with E-state index in [-0.39, 0.29) is 23.8 Å². The van der Waals surface area contributed by atoms with Gasteiger partial charge in [0.2, 0.25) is 0 Å². The molecule has 7 heteroatoms. The fourth-order valence-corrected chi connectivity index (χ4v) is 5.22. The van der Waals surface area contributed by atoms with E-state index in [0.717, 1.165) is 44.5 Å². The third-order valence-corrected chi connectivity index (χ3v) is 7.30. The molecule has 1 aliphatic rings. The number of aromatic nitrogens is 1. The monoisotopic (exact) mass is 522 g/mol. The average molecular weight is 523 g/mol. The van der Waals surface area contributed by atoms with Crippen LogP contribution in [0.3, 0.4) is 0 Å². The van der Waals surface area contributed by atoms with E-state index in [2.05, 4.69) is 23.2 Å². The highest BCUT2D eigenvalue weighted by atomic mass is 16.6. The minimum Gasteiger partial charge on any atom is -0.496 e. The number of benzene rings is 3. The first kappa shape index (κ1) is 26.0. The first-order valence-corrected chi connectivity index (χ1v) is 12.8. The van der Waals surface area contributed by atoms with Crippen molar-refractivity contribution < 1.29 is 24.2 Å². The van der Waals surface area contributed by atoms with Crippen LogP contribution in [0.2, 0.25) is 0 Å². The topological polar surface area (TPSA) is 89.0 Å². The molecule has 3 aromatic carbocycles. The van der Waals surface area contributed by atoms with Gasteiger partial charge in [-0.05, 0) is 90.6 Å². The number of hydrogen-bond donors (Lipinski definition) is 1. The minimum atomic E-state index is -0.954. The molecule has 1 saturated heterocycles. The molecule has 4 aromatic rings. The number of aryl methyl sites for hydroxylation is 2. The molecule has 39 heavy (non-hydrogen) atoms. The van der Waals surface area contributed by atoms with E-state index in [1.54, 1.807) is 36.5 Å². The molecule has 1 fully saturated rings. The number of methoxy groups -OCH3 is 1. The van der Waals surface area contributed by atoms with E-state index in [9.17, 15) is 14.7 Å². The van der Waals surface area contributed by atoms with E-state index in [1.807, 2.05) is 57.2 Å². The predicted octanol–water partition coefficient (Wildman–Crippen LogP) is 6.82. The molecule has 0 spiro atoms. The van der Waals surface area contributed by atoms with Crippen molar-refractivity contribution >= 4 is 12.1 Å². The van der Waals surface area contributed by atoms with Gasteiger partial charge in [-0.3, -0.25) is 9.88 Å². The number of nitrogens with zero attached hydrogens (tertiary/aromatic N) is 2. The van der Waals surface area contributed by atoms with Crippen LogP contribution >= 0.6 is 0 Å². The van der Waals surface area contributed by atoms with Crippen molar-refractivity contribution in [2.45, 2.75) is 39.5 Å². The fourth-order valence-electron chi connectivity index (χ4n) is 5.22. The second kappa shape index (κ2) is 10.6. The number of ether oxygens (including phenoxy) is 2. The molecule has 1 aliphatic heterocycles. The van der Waals surface area contributed by atoms with Gasteiger partial charge in [0, 0.05) is 18.0 Å². The largest absolute Gasteiger partial charge is 0.496 e. The Labute approximate surface area is 227 Å². The highest BCUT2D eigenvalue weighted by Gasteiger charge is 2.39. The molecule has 5 rings (SSSR count). The summed E-state index contributed by atoms with van der Waals surface area (Å²) in [5, 5.41) is 9.36. The maximum atomic E-state index is 13.0. The number of carbonyl (C=O) groups excluding carboxylic acids is 1. The Hall–Kier alpha value is -4.65. The van der Waals surface area contributed by atoms with E-state index < -0.39 is 5.97 Å². The second-order valence-electron chi connectivity index (χ2n) is 9.86. The van der Waals surface area contributed by atoms with Gasteiger partial charge < -0.3 is 14.6 Å². The molecule has 0 bridgehead atoms. The smallest absolute Gasteiger partial charge is 0.411 e. The van der Waals surface area contributed by atoms with Crippen LogP contribution in [0.4, 0.5) is 4.79 Å². The molecule has 2 atom stereocenters. The number of pyridine rings is 1. The standard InChI is InChI=1S/C32H30N2O5/c1-19-5-8-27(25(15-19)18-34-21(3)30(39-32(34)37)22-11-13-33-14-12-22)28-17-23(7-10-29(28)38-4)26-9-6-24(31(35)36)16-20(26)2/h5-17,21,30H,18H2,1-4H3,(H,35,36)/t21-,30-/m0/s1. The summed E-state index contributed by atoms with van der Waals surface area (Å²) >= 11 is 0. The van der Waals surface area contributed by atoms with Gasteiger partial charge in [0.05, 0.1) is 25.3 Å². The summed E-state index contributed by atoms with van der Waals surface area (Å²) in [5.74, 6) is -0.249. The van der Waals surface area contributed by atoms with Gasteiger partial charge >= 0.3 is 12.1 Å². The Morgan fingerprint density at radius 2 is 1.72 bits per heavy atom. The van der Waals surface area contributed by atoms with Gasteiger partial charge in [-0.2, -0.15) is 0 Å². The number of carboxylic acid groups (broad SMARTS) is 1. The number of amides is 1. The zero-order valence-electron chi connectivity index (χ0n) is 22.3. The summed E-state index contributed by atoms with van der Waals surface area (Å²) in [6.45, 7) is 6.30. The lowest BCUT2D eigenvalue weighted by atomic mass is 9.92. The van der Waals surface area contributed by atoms with Crippen LogP contribution in [0.5, 0.6) is 5.75 Å². The van der Waals surface area contributed by atoms with E-state index in [4.69, 9.17) is 9.47 Å². The molecular formula is C32H30N2O5. The molecule has 0 saturated carbocycles. The maximum absolute atomic E-state index is 13.0. The highest BCUT2D eigenvalue weighted by Crippen LogP contribution is 2.39. The zero-order chi connectivity index (χ0) is 27.7. The summed E-state index contributed by atoms with van der Waals surface area (Å²) in [6.07, 6.45) is 2.68. The van der Waals surface area contributed by atoms with Crippen molar-refractivity contribution in [1.29, 1.82) is 0 Å². The lowest BCUT2D eigenvalue weighted by Gasteiger charge is -2.23. The first-order valence-electron chi connectivity index (χ1n) is 12.8. The molecule has 1 amide bonds. The maximum Gasteiger partial charge on any atom is 0.411 e. The lowest BCUT2D eigenvalue weighted by Crippen LogP contribution is -2.31. The van der Waals surface area contributed by atoms with Crippen molar-refractivity contribution in [3.05, 3.63) is 107 Å². The van der Waals surface area contributed by atoms with Crippen LogP contribution in [0.15, 0.2) is 79.1 Å². The summed E-state index contributed by atoms with van der Waals surface area (Å²) in [6, 6.07) is 20.8. The third kappa shape index (κ3) is 5.08. The molecule has 1 N–H and O–H groups in total. The van der Waals surface area contributed by atoms with Gasteiger partial charge in [-0.1, -0.05) is 35.9 Å². The summed E-state index contributed by atoms with van der Waals surface area (Å²) in [5.41, 5.74) is 7.81. The fraction of sp³-hybridized carbons (Fsp3) is 0.219. The van der Waals surface area contributed by atoms with Crippen LogP contribution in [0.1, 0.15) is 45.6 Å². The van der Waals surface area contributed by atoms with E-state index in [1.165, 1.54) is 0 Å². The summed E-state index contributed by atoms with van der Waals surface area (Å²) in [4.78, 5) is 30.3. The lowest BCUT2D eigenvalue weighted by molar-refractivity contribution is 0.0696. The second-order valence-corrected chi connectivity index (χ2v) is 9.86. The minimum absolute atomic E-state index is 0.170. The molecule has 0 radical (unpaired) electrons. The van der Waals surface area contributed by atoms with Crippen molar-refractivity contribution in [3.8, 4) is 28.0 Å². The van der Waals surface area contributed by atoms with Crippen molar-refractivity contribution in [2.75, 3.05) is 7.11 Å². The summed E-state index contributed by atoms with van der Waals surface area (Å²) in [7, 11) is 1.64. The van der Waals surface area contributed by atoms with Crippen LogP contribution < -0.4 is 4.74 Å². The molecule has 0 aliphatic carbocycles. The van der Waals surface area contributed by atoms with Gasteiger partial charge in [0.15, 0.2) is 0 Å². The molecule has 198 valence electrons. The number of aromatic carboxylic acids is 1. The van der Waals surface area contributed by atoms with E-state index in [0.29, 0.717) is 12.3 Å². The molecule has 2 heterocycles. The SMILES string of the molecule is COc1ccc(-c2ccc(C(=O)O)cc2C)cc1-c1ccc(C)cc1CN1C(=O)O[C@H](c2ccncc2)[C@@H]1C. The molecule has 0 unspecified atom stereocenters. The van der Waals surface area contributed by atoms with Crippen LogP contribution in [-0.4, -0.2) is 40.2 Å². The molecular weight excluding hydrogens is 492 g/mol.